The molecule has 0 radical (unpaired) electrons. The summed E-state index contributed by atoms with van der Waals surface area (Å²) in [7, 11) is 0. The highest BCUT2D eigenvalue weighted by Crippen LogP contribution is 2.22. The highest BCUT2D eigenvalue weighted by molar-refractivity contribution is 7.99. The van der Waals surface area contributed by atoms with Crippen LogP contribution in [0.2, 0.25) is 0 Å². The molecule has 0 unspecified atom stereocenters. The Labute approximate surface area is 128 Å². The van der Waals surface area contributed by atoms with Crippen molar-refractivity contribution < 1.29 is 9.21 Å². The van der Waals surface area contributed by atoms with E-state index in [9.17, 15) is 4.79 Å². The fraction of sp³-hybridized carbons (Fsp3) is 0.400. The number of anilines is 1. The summed E-state index contributed by atoms with van der Waals surface area (Å²) in [5, 5.41) is 11.2. The minimum absolute atomic E-state index is 0.0692. The van der Waals surface area contributed by atoms with E-state index in [1.165, 1.54) is 11.8 Å². The second-order valence-corrected chi connectivity index (χ2v) is 5.54. The number of rotatable bonds is 6. The van der Waals surface area contributed by atoms with Gasteiger partial charge in [0.15, 0.2) is 0 Å². The van der Waals surface area contributed by atoms with Crippen molar-refractivity contribution in [3.8, 4) is 0 Å². The fourth-order valence-corrected chi connectivity index (χ4v) is 2.52. The Bertz CT molecular complexity index is 625. The van der Waals surface area contributed by atoms with Crippen LogP contribution in [0.15, 0.2) is 27.8 Å². The van der Waals surface area contributed by atoms with Crippen molar-refractivity contribution in [1.82, 2.24) is 10.2 Å². The van der Waals surface area contributed by atoms with Gasteiger partial charge in [0.2, 0.25) is 11.8 Å². The van der Waals surface area contributed by atoms with Crippen LogP contribution in [0.4, 0.5) is 5.69 Å². The Morgan fingerprint density at radius 3 is 2.76 bits per heavy atom. The van der Waals surface area contributed by atoms with Gasteiger partial charge in [0, 0.05) is 12.1 Å². The molecule has 2 rings (SSSR count). The van der Waals surface area contributed by atoms with E-state index in [1.54, 1.807) is 0 Å². The summed E-state index contributed by atoms with van der Waals surface area (Å²) in [6.07, 6.45) is 1.58. The van der Waals surface area contributed by atoms with Gasteiger partial charge in [-0.3, -0.25) is 4.79 Å². The topological polar surface area (TPSA) is 68.0 Å². The average molecular weight is 305 g/mol. The Balaban J connectivity index is 1.96. The average Bonchev–Trinajstić information content (AvgIpc) is 2.95. The molecule has 5 nitrogen and oxygen atoms in total. The number of thioether (sulfide) groups is 1. The Hall–Kier alpha value is -1.82. The zero-order valence-corrected chi connectivity index (χ0v) is 13.3. The van der Waals surface area contributed by atoms with Gasteiger partial charge in [-0.25, -0.2) is 0 Å². The van der Waals surface area contributed by atoms with Crippen LogP contribution in [0.25, 0.3) is 0 Å². The van der Waals surface area contributed by atoms with Crippen LogP contribution in [-0.4, -0.2) is 21.9 Å². The molecule has 2 aromatic rings. The van der Waals surface area contributed by atoms with Crippen LogP contribution >= 0.6 is 11.8 Å². The number of hydrogen-bond acceptors (Lipinski definition) is 5. The van der Waals surface area contributed by atoms with Gasteiger partial charge in [-0.1, -0.05) is 43.8 Å². The number of para-hydroxylation sites is 1. The number of hydrogen-bond donors (Lipinski definition) is 1. The van der Waals surface area contributed by atoms with Gasteiger partial charge >= 0.3 is 0 Å². The van der Waals surface area contributed by atoms with Gasteiger partial charge in [-0.15, -0.1) is 10.2 Å². The first-order valence-electron chi connectivity index (χ1n) is 6.97. The summed E-state index contributed by atoms with van der Waals surface area (Å²) in [5.41, 5.74) is 3.11. The van der Waals surface area contributed by atoms with Crippen molar-refractivity contribution in [3.05, 3.63) is 35.2 Å². The fourth-order valence-electron chi connectivity index (χ4n) is 1.94. The second-order valence-electron chi connectivity index (χ2n) is 4.61. The van der Waals surface area contributed by atoms with E-state index in [0.717, 1.165) is 23.2 Å². The van der Waals surface area contributed by atoms with E-state index in [4.69, 9.17) is 4.42 Å². The molecule has 0 aliphatic rings. The molecule has 0 spiro atoms. The van der Waals surface area contributed by atoms with Gasteiger partial charge in [-0.05, 0) is 24.5 Å². The maximum Gasteiger partial charge on any atom is 0.277 e. The third-order valence-electron chi connectivity index (χ3n) is 3.08. The van der Waals surface area contributed by atoms with Crippen molar-refractivity contribution in [2.24, 2.45) is 0 Å². The molecule has 0 aliphatic heterocycles. The number of nitrogens with one attached hydrogen (secondary N) is 1. The van der Waals surface area contributed by atoms with Crippen LogP contribution in [0, 0.1) is 6.92 Å². The third-order valence-corrected chi connectivity index (χ3v) is 3.90. The normalized spacial score (nSPS) is 10.6. The SMILES string of the molecule is CCc1nnc(SCC(=O)Nc2c(C)cccc2CC)o1. The van der Waals surface area contributed by atoms with Crippen LogP contribution in [-0.2, 0) is 17.6 Å². The van der Waals surface area contributed by atoms with Crippen LogP contribution < -0.4 is 5.32 Å². The van der Waals surface area contributed by atoms with Gasteiger partial charge in [0.05, 0.1) is 5.75 Å². The molecule has 0 atom stereocenters. The molecule has 0 saturated heterocycles. The van der Waals surface area contributed by atoms with Gasteiger partial charge < -0.3 is 9.73 Å². The maximum atomic E-state index is 12.1. The molecule has 1 N–H and O–H groups in total. The van der Waals surface area contributed by atoms with Crippen molar-refractivity contribution in [3.63, 3.8) is 0 Å². The summed E-state index contributed by atoms with van der Waals surface area (Å²) in [5.74, 6) is 0.772. The zero-order chi connectivity index (χ0) is 15.2. The minimum atomic E-state index is -0.0692. The molecule has 0 fully saturated rings. The molecular weight excluding hydrogens is 286 g/mol. The predicted molar refractivity (Wildman–Crippen MR) is 83.6 cm³/mol. The second kappa shape index (κ2) is 7.26. The van der Waals surface area contributed by atoms with E-state index in [2.05, 4.69) is 22.4 Å². The molecule has 6 heteroatoms. The number of aromatic nitrogens is 2. The molecular formula is C15H19N3O2S. The molecule has 1 amide bonds. The minimum Gasteiger partial charge on any atom is -0.416 e. The molecule has 0 bridgehead atoms. The largest absolute Gasteiger partial charge is 0.416 e. The monoisotopic (exact) mass is 305 g/mol. The smallest absolute Gasteiger partial charge is 0.277 e. The zero-order valence-electron chi connectivity index (χ0n) is 12.5. The number of benzene rings is 1. The number of nitrogens with zero attached hydrogens (tertiary/aromatic N) is 2. The molecule has 0 aliphatic carbocycles. The Morgan fingerprint density at radius 2 is 2.10 bits per heavy atom. The molecule has 21 heavy (non-hydrogen) atoms. The number of carbonyl (C=O) groups excluding carboxylic acids is 1. The number of carbonyl (C=O) groups is 1. The van der Waals surface area contributed by atoms with Crippen molar-refractivity contribution in [1.29, 1.82) is 0 Å². The van der Waals surface area contributed by atoms with Crippen LogP contribution in [0.3, 0.4) is 0 Å². The first-order valence-corrected chi connectivity index (χ1v) is 7.96. The summed E-state index contributed by atoms with van der Waals surface area (Å²) in [6.45, 7) is 6.01. The van der Waals surface area contributed by atoms with Crippen molar-refractivity contribution >= 4 is 23.4 Å². The van der Waals surface area contributed by atoms with E-state index in [1.807, 2.05) is 32.0 Å². The third kappa shape index (κ3) is 4.07. The predicted octanol–water partition coefficient (Wildman–Crippen LogP) is 3.23. The van der Waals surface area contributed by atoms with Crippen LogP contribution in [0.5, 0.6) is 0 Å². The van der Waals surface area contributed by atoms with E-state index in [-0.39, 0.29) is 11.7 Å². The lowest BCUT2D eigenvalue weighted by Gasteiger charge is -2.12. The van der Waals surface area contributed by atoms with E-state index in [0.29, 0.717) is 17.5 Å². The highest BCUT2D eigenvalue weighted by Gasteiger charge is 2.11. The summed E-state index contributed by atoms with van der Waals surface area (Å²) in [4.78, 5) is 12.1. The lowest BCUT2D eigenvalue weighted by atomic mass is 10.1. The first-order chi connectivity index (χ1) is 10.1. The van der Waals surface area contributed by atoms with Crippen molar-refractivity contribution in [2.45, 2.75) is 38.8 Å². The van der Waals surface area contributed by atoms with E-state index < -0.39 is 0 Å². The summed E-state index contributed by atoms with van der Waals surface area (Å²) in [6, 6.07) is 6.03. The lowest BCUT2D eigenvalue weighted by Crippen LogP contribution is -2.16. The Kier molecular flexibility index (Phi) is 5.38. The van der Waals surface area contributed by atoms with Gasteiger partial charge in [-0.2, -0.15) is 0 Å². The summed E-state index contributed by atoms with van der Waals surface area (Å²) >= 11 is 1.25. The number of aryl methyl sites for hydroxylation is 3. The van der Waals surface area contributed by atoms with Gasteiger partial charge in [0.25, 0.3) is 5.22 Å². The van der Waals surface area contributed by atoms with Crippen molar-refractivity contribution in [2.75, 3.05) is 11.1 Å². The molecule has 112 valence electrons. The van der Waals surface area contributed by atoms with Gasteiger partial charge in [0.1, 0.15) is 0 Å². The standard InChI is InChI=1S/C15H19N3O2S/c1-4-11-8-6-7-10(3)14(11)16-12(19)9-21-15-18-17-13(5-2)20-15/h6-8H,4-5,9H2,1-3H3,(H,16,19). The van der Waals surface area contributed by atoms with E-state index >= 15 is 0 Å². The lowest BCUT2D eigenvalue weighted by molar-refractivity contribution is -0.113. The first kappa shape index (κ1) is 15.6. The molecule has 0 saturated carbocycles. The maximum absolute atomic E-state index is 12.1. The molecule has 1 aromatic carbocycles. The van der Waals surface area contributed by atoms with Crippen LogP contribution in [0.1, 0.15) is 30.9 Å². The summed E-state index contributed by atoms with van der Waals surface area (Å²) < 4.78 is 5.36. The quantitative estimate of drug-likeness (QED) is 0.830. The number of amides is 1. The Morgan fingerprint density at radius 1 is 1.29 bits per heavy atom. The highest BCUT2D eigenvalue weighted by atomic mass is 32.2. The molecule has 1 aromatic heterocycles. The molecule has 1 heterocycles.